The predicted molar refractivity (Wildman–Crippen MR) is 69.0 cm³/mol. The standard InChI is InChI=1S/C11H14N4O2S/c1-3-8-7(5-15(2)14-8)4-12-11-13-9(6-18-11)10(16)17/h5-6H,3-4H2,1-2H3,(H,12,13)(H,16,17). The van der Waals surface area contributed by atoms with Gasteiger partial charge in [0.15, 0.2) is 10.8 Å². The molecular formula is C11H14N4O2S. The first-order chi connectivity index (χ1) is 8.60. The maximum atomic E-state index is 10.7. The van der Waals surface area contributed by atoms with Crippen molar-refractivity contribution in [3.63, 3.8) is 0 Å². The number of anilines is 1. The molecule has 0 atom stereocenters. The summed E-state index contributed by atoms with van der Waals surface area (Å²) < 4.78 is 1.78. The molecular weight excluding hydrogens is 252 g/mol. The highest BCUT2D eigenvalue weighted by atomic mass is 32.1. The molecule has 0 fully saturated rings. The minimum Gasteiger partial charge on any atom is -0.476 e. The van der Waals surface area contributed by atoms with Crippen LogP contribution in [0.2, 0.25) is 0 Å². The molecule has 0 aliphatic heterocycles. The molecule has 0 aromatic carbocycles. The van der Waals surface area contributed by atoms with Crippen LogP contribution in [0.25, 0.3) is 0 Å². The van der Waals surface area contributed by atoms with Crippen molar-refractivity contribution in [1.29, 1.82) is 0 Å². The summed E-state index contributed by atoms with van der Waals surface area (Å²) in [6, 6.07) is 0. The fourth-order valence-corrected chi connectivity index (χ4v) is 2.34. The van der Waals surface area contributed by atoms with Crippen molar-refractivity contribution in [1.82, 2.24) is 14.8 Å². The Balaban J connectivity index is 2.04. The number of carboxylic acid groups (broad SMARTS) is 1. The van der Waals surface area contributed by atoms with E-state index in [4.69, 9.17) is 5.11 Å². The van der Waals surface area contributed by atoms with E-state index in [1.807, 2.05) is 13.2 Å². The van der Waals surface area contributed by atoms with Crippen LogP contribution in [0.15, 0.2) is 11.6 Å². The third kappa shape index (κ3) is 2.67. The molecule has 0 saturated heterocycles. The highest BCUT2D eigenvalue weighted by Crippen LogP contribution is 2.17. The van der Waals surface area contributed by atoms with E-state index in [0.717, 1.165) is 17.7 Å². The summed E-state index contributed by atoms with van der Waals surface area (Å²) in [6.07, 6.45) is 2.83. The largest absolute Gasteiger partial charge is 0.476 e. The zero-order valence-corrected chi connectivity index (χ0v) is 11.0. The second kappa shape index (κ2) is 5.18. The molecule has 2 aromatic heterocycles. The SMILES string of the molecule is CCc1nn(C)cc1CNc1nc(C(=O)O)cs1. The number of hydrogen-bond donors (Lipinski definition) is 2. The lowest BCUT2D eigenvalue weighted by atomic mass is 10.2. The van der Waals surface area contributed by atoms with Crippen LogP contribution < -0.4 is 5.32 Å². The van der Waals surface area contributed by atoms with Crippen LogP contribution in [-0.4, -0.2) is 25.8 Å². The van der Waals surface area contributed by atoms with E-state index in [1.54, 1.807) is 4.68 Å². The van der Waals surface area contributed by atoms with Gasteiger partial charge in [-0.25, -0.2) is 9.78 Å². The second-order valence-electron chi connectivity index (χ2n) is 3.82. The van der Waals surface area contributed by atoms with Gasteiger partial charge >= 0.3 is 5.97 Å². The number of hydrogen-bond acceptors (Lipinski definition) is 5. The fourth-order valence-electron chi connectivity index (χ4n) is 1.65. The molecule has 2 aromatic rings. The maximum absolute atomic E-state index is 10.7. The van der Waals surface area contributed by atoms with Gasteiger partial charge in [-0.15, -0.1) is 11.3 Å². The molecule has 2 rings (SSSR count). The van der Waals surface area contributed by atoms with E-state index in [2.05, 4.69) is 22.3 Å². The Hall–Kier alpha value is -1.89. The summed E-state index contributed by atoms with van der Waals surface area (Å²) in [7, 11) is 1.88. The average molecular weight is 266 g/mol. The summed E-state index contributed by atoms with van der Waals surface area (Å²) in [5.74, 6) is -1.00. The number of aromatic carboxylic acids is 1. The van der Waals surface area contributed by atoms with Gasteiger partial charge in [0.1, 0.15) is 0 Å². The van der Waals surface area contributed by atoms with E-state index in [9.17, 15) is 4.79 Å². The van der Waals surface area contributed by atoms with Gasteiger partial charge < -0.3 is 10.4 Å². The van der Waals surface area contributed by atoms with Gasteiger partial charge in [-0.2, -0.15) is 5.10 Å². The highest BCUT2D eigenvalue weighted by Gasteiger charge is 2.10. The van der Waals surface area contributed by atoms with E-state index in [0.29, 0.717) is 11.7 Å². The second-order valence-corrected chi connectivity index (χ2v) is 4.68. The van der Waals surface area contributed by atoms with Crippen molar-refractivity contribution in [2.75, 3.05) is 5.32 Å². The van der Waals surface area contributed by atoms with Crippen LogP contribution >= 0.6 is 11.3 Å². The van der Waals surface area contributed by atoms with Gasteiger partial charge in [-0.1, -0.05) is 6.92 Å². The van der Waals surface area contributed by atoms with Gasteiger partial charge in [0.25, 0.3) is 0 Å². The summed E-state index contributed by atoms with van der Waals surface area (Å²) >= 11 is 1.29. The molecule has 0 bridgehead atoms. The zero-order valence-electron chi connectivity index (χ0n) is 10.2. The Morgan fingerprint density at radius 2 is 2.39 bits per heavy atom. The van der Waals surface area contributed by atoms with Gasteiger partial charge in [-0.3, -0.25) is 4.68 Å². The molecule has 0 unspecified atom stereocenters. The molecule has 2 N–H and O–H groups in total. The highest BCUT2D eigenvalue weighted by molar-refractivity contribution is 7.13. The van der Waals surface area contributed by atoms with Crippen LogP contribution in [0.5, 0.6) is 0 Å². The number of rotatable bonds is 5. The number of aromatic nitrogens is 3. The van der Waals surface area contributed by atoms with Gasteiger partial charge in [0.05, 0.1) is 5.69 Å². The third-order valence-electron chi connectivity index (χ3n) is 2.48. The Kier molecular flexibility index (Phi) is 3.61. The van der Waals surface area contributed by atoms with E-state index < -0.39 is 5.97 Å². The fraction of sp³-hybridized carbons (Fsp3) is 0.364. The number of nitrogens with one attached hydrogen (secondary N) is 1. The molecule has 0 radical (unpaired) electrons. The van der Waals surface area contributed by atoms with Crippen LogP contribution in [0.1, 0.15) is 28.7 Å². The zero-order chi connectivity index (χ0) is 13.1. The van der Waals surface area contributed by atoms with E-state index in [1.165, 1.54) is 16.7 Å². The van der Waals surface area contributed by atoms with Crippen molar-refractivity contribution in [3.8, 4) is 0 Å². The van der Waals surface area contributed by atoms with Gasteiger partial charge in [0, 0.05) is 30.7 Å². The molecule has 2 heterocycles. The minimum absolute atomic E-state index is 0.0735. The van der Waals surface area contributed by atoms with Crippen molar-refractivity contribution < 1.29 is 9.90 Å². The Bertz CT molecular complexity index is 561. The monoisotopic (exact) mass is 266 g/mol. The lowest BCUT2D eigenvalue weighted by molar-refractivity contribution is 0.0691. The molecule has 0 aliphatic rings. The first-order valence-corrected chi connectivity index (χ1v) is 6.42. The first kappa shape index (κ1) is 12.6. The van der Waals surface area contributed by atoms with Crippen LogP contribution in [0.3, 0.4) is 0 Å². The van der Waals surface area contributed by atoms with Gasteiger partial charge in [-0.05, 0) is 6.42 Å². The molecule has 0 amide bonds. The molecule has 0 spiro atoms. The molecule has 6 nitrogen and oxygen atoms in total. The smallest absolute Gasteiger partial charge is 0.355 e. The maximum Gasteiger partial charge on any atom is 0.355 e. The lowest BCUT2D eigenvalue weighted by Gasteiger charge is -2.01. The van der Waals surface area contributed by atoms with Crippen molar-refractivity contribution in [2.24, 2.45) is 7.05 Å². The van der Waals surface area contributed by atoms with E-state index in [-0.39, 0.29) is 5.69 Å². The summed E-state index contributed by atoms with van der Waals surface area (Å²) in [5.41, 5.74) is 2.22. The summed E-state index contributed by atoms with van der Waals surface area (Å²) in [5, 5.41) is 18.4. The topological polar surface area (TPSA) is 80.0 Å². The number of carbonyl (C=O) groups is 1. The molecule has 7 heteroatoms. The van der Waals surface area contributed by atoms with Gasteiger partial charge in [0.2, 0.25) is 0 Å². The number of aryl methyl sites for hydroxylation is 2. The number of nitrogens with zero attached hydrogens (tertiary/aromatic N) is 3. The first-order valence-electron chi connectivity index (χ1n) is 5.54. The molecule has 0 saturated carbocycles. The van der Waals surface area contributed by atoms with Crippen LogP contribution in [0, 0.1) is 0 Å². The van der Waals surface area contributed by atoms with Crippen molar-refractivity contribution in [3.05, 3.63) is 28.5 Å². The lowest BCUT2D eigenvalue weighted by Crippen LogP contribution is -2.02. The van der Waals surface area contributed by atoms with Crippen LogP contribution in [0.4, 0.5) is 5.13 Å². The molecule has 18 heavy (non-hydrogen) atoms. The van der Waals surface area contributed by atoms with Crippen molar-refractivity contribution >= 4 is 22.4 Å². The Morgan fingerprint density at radius 1 is 1.61 bits per heavy atom. The Morgan fingerprint density at radius 3 is 3.00 bits per heavy atom. The molecule has 0 aliphatic carbocycles. The average Bonchev–Trinajstić information content (AvgIpc) is 2.92. The van der Waals surface area contributed by atoms with E-state index >= 15 is 0 Å². The summed E-state index contributed by atoms with van der Waals surface area (Å²) in [4.78, 5) is 14.7. The predicted octanol–water partition coefficient (Wildman–Crippen LogP) is 1.75. The summed E-state index contributed by atoms with van der Waals surface area (Å²) in [6.45, 7) is 2.65. The number of carboxylic acids is 1. The van der Waals surface area contributed by atoms with Crippen LogP contribution in [-0.2, 0) is 20.0 Å². The Labute approximate surface area is 108 Å². The normalized spacial score (nSPS) is 10.6. The minimum atomic E-state index is -1.00. The molecule has 96 valence electrons. The quantitative estimate of drug-likeness (QED) is 0.861. The van der Waals surface area contributed by atoms with Crippen molar-refractivity contribution in [2.45, 2.75) is 19.9 Å². The third-order valence-corrected chi connectivity index (χ3v) is 3.28. The number of thiazole rings is 1.